The molecule has 2 amide bonds. The number of rotatable bonds is 5. The zero-order chi connectivity index (χ0) is 14.4. The molecule has 0 spiro atoms. The van der Waals surface area contributed by atoms with Gasteiger partial charge in [0.1, 0.15) is 0 Å². The van der Waals surface area contributed by atoms with Crippen LogP contribution >= 0.6 is 27.7 Å². The largest absolute Gasteiger partial charge is 0.480 e. The van der Waals surface area contributed by atoms with E-state index in [0.29, 0.717) is 10.0 Å². The van der Waals surface area contributed by atoms with Crippen LogP contribution in [0.25, 0.3) is 0 Å². The van der Waals surface area contributed by atoms with Crippen molar-refractivity contribution in [1.82, 2.24) is 5.32 Å². The Kier molecular flexibility index (Phi) is 6.04. The third-order valence-electron chi connectivity index (χ3n) is 2.18. The van der Waals surface area contributed by atoms with E-state index in [1.165, 1.54) is 6.92 Å². The van der Waals surface area contributed by atoms with Crippen LogP contribution < -0.4 is 5.32 Å². The number of carbonyl (C=O) groups is 3. The van der Waals surface area contributed by atoms with E-state index in [4.69, 9.17) is 5.11 Å². The third-order valence-corrected chi connectivity index (χ3v) is 4.01. The van der Waals surface area contributed by atoms with E-state index < -0.39 is 23.0 Å². The van der Waals surface area contributed by atoms with Crippen molar-refractivity contribution in [3.63, 3.8) is 0 Å². The fourth-order valence-corrected chi connectivity index (χ4v) is 2.23. The molecule has 2 N–H and O–H groups in total. The van der Waals surface area contributed by atoms with Crippen LogP contribution in [0.4, 0.5) is 0 Å². The summed E-state index contributed by atoms with van der Waals surface area (Å²) in [5.74, 6) is -2.10. The molecule has 1 aromatic rings. The number of imide groups is 1. The van der Waals surface area contributed by atoms with Crippen LogP contribution in [0.2, 0.25) is 0 Å². The molecule has 102 valence electrons. The fourth-order valence-electron chi connectivity index (χ4n) is 1.15. The summed E-state index contributed by atoms with van der Waals surface area (Å²) in [6.07, 6.45) is 0. The van der Waals surface area contributed by atoms with Crippen molar-refractivity contribution >= 4 is 45.5 Å². The Morgan fingerprint density at radius 2 is 2.00 bits per heavy atom. The molecule has 0 fully saturated rings. The molecule has 1 rings (SSSR count). The second-order valence-corrected chi connectivity index (χ2v) is 5.83. The lowest BCUT2D eigenvalue weighted by molar-refractivity contribution is -0.136. The molecule has 0 saturated carbocycles. The van der Waals surface area contributed by atoms with Crippen molar-refractivity contribution in [2.24, 2.45) is 0 Å². The number of carboxylic acid groups (broad SMARTS) is 1. The maximum absolute atomic E-state index is 11.8. The normalized spacial score (nSPS) is 11.7. The Bertz CT molecular complexity index is 506. The number of nitrogens with one attached hydrogen (secondary N) is 1. The molecule has 0 aliphatic rings. The maximum atomic E-state index is 11.8. The summed E-state index contributed by atoms with van der Waals surface area (Å²) in [6.45, 7) is 1.48. The first-order chi connectivity index (χ1) is 8.91. The predicted molar refractivity (Wildman–Crippen MR) is 76.2 cm³/mol. The van der Waals surface area contributed by atoms with Crippen molar-refractivity contribution in [2.45, 2.75) is 12.2 Å². The lowest BCUT2D eigenvalue weighted by atomic mass is 10.2. The average Bonchev–Trinajstić information content (AvgIpc) is 2.36. The molecule has 0 bridgehead atoms. The minimum absolute atomic E-state index is 0.0797. The van der Waals surface area contributed by atoms with Crippen LogP contribution in [-0.4, -0.2) is 33.9 Å². The van der Waals surface area contributed by atoms with E-state index in [0.717, 1.165) is 11.8 Å². The van der Waals surface area contributed by atoms with Gasteiger partial charge in [0.2, 0.25) is 5.91 Å². The van der Waals surface area contributed by atoms with Crippen molar-refractivity contribution in [1.29, 1.82) is 0 Å². The van der Waals surface area contributed by atoms with Crippen molar-refractivity contribution in [2.75, 3.05) is 5.75 Å². The lowest BCUT2D eigenvalue weighted by Crippen LogP contribution is -2.32. The Morgan fingerprint density at radius 1 is 1.37 bits per heavy atom. The molecule has 0 heterocycles. The van der Waals surface area contributed by atoms with Gasteiger partial charge in [-0.05, 0) is 35.0 Å². The molecule has 1 unspecified atom stereocenters. The number of hydrogen-bond donors (Lipinski definition) is 2. The number of halogens is 1. The molecule has 0 saturated heterocycles. The SMILES string of the molecule is CC(SCC(=O)NC(=O)c1ccccc1Br)C(=O)O. The highest BCUT2D eigenvalue weighted by atomic mass is 79.9. The molecule has 0 aromatic heterocycles. The molecule has 19 heavy (non-hydrogen) atoms. The number of aliphatic carboxylic acids is 1. The van der Waals surface area contributed by atoms with E-state index in [9.17, 15) is 14.4 Å². The summed E-state index contributed by atoms with van der Waals surface area (Å²) in [6, 6.07) is 6.72. The van der Waals surface area contributed by atoms with Gasteiger partial charge in [-0.3, -0.25) is 19.7 Å². The van der Waals surface area contributed by atoms with Crippen LogP contribution in [0.5, 0.6) is 0 Å². The number of carbonyl (C=O) groups excluding carboxylic acids is 2. The van der Waals surface area contributed by atoms with Gasteiger partial charge in [0.15, 0.2) is 0 Å². The molecule has 0 radical (unpaired) electrons. The van der Waals surface area contributed by atoms with Gasteiger partial charge in [0.25, 0.3) is 5.91 Å². The van der Waals surface area contributed by atoms with Crippen LogP contribution in [-0.2, 0) is 9.59 Å². The van der Waals surface area contributed by atoms with E-state index in [1.807, 2.05) is 0 Å². The number of benzene rings is 1. The molecular formula is C12H12BrNO4S. The Labute approximate surface area is 122 Å². The topological polar surface area (TPSA) is 83.5 Å². The first-order valence-corrected chi connectivity index (χ1v) is 7.19. The smallest absolute Gasteiger partial charge is 0.316 e. The Morgan fingerprint density at radius 3 is 2.58 bits per heavy atom. The molecule has 7 heteroatoms. The van der Waals surface area contributed by atoms with Crippen LogP contribution in [0.1, 0.15) is 17.3 Å². The summed E-state index contributed by atoms with van der Waals surface area (Å²) in [4.78, 5) is 33.8. The number of amides is 2. The van der Waals surface area contributed by atoms with Gasteiger partial charge in [-0.25, -0.2) is 0 Å². The molecule has 1 aromatic carbocycles. The maximum Gasteiger partial charge on any atom is 0.316 e. The zero-order valence-electron chi connectivity index (χ0n) is 10.1. The Hall–Kier alpha value is -1.34. The standard InChI is InChI=1S/C12H12BrNO4S/c1-7(12(17)18)19-6-10(15)14-11(16)8-4-2-3-5-9(8)13/h2-5,7H,6H2,1H3,(H,17,18)(H,14,15,16). The summed E-state index contributed by atoms with van der Waals surface area (Å²) < 4.78 is 0.590. The quantitative estimate of drug-likeness (QED) is 0.851. The molecule has 0 aliphatic carbocycles. The highest BCUT2D eigenvalue weighted by Gasteiger charge is 2.16. The van der Waals surface area contributed by atoms with Crippen LogP contribution in [0.15, 0.2) is 28.7 Å². The van der Waals surface area contributed by atoms with E-state index in [1.54, 1.807) is 24.3 Å². The highest BCUT2D eigenvalue weighted by Crippen LogP contribution is 2.15. The first kappa shape index (κ1) is 15.7. The Balaban J connectivity index is 2.51. The molecular weight excluding hydrogens is 334 g/mol. The third kappa shape index (κ3) is 5.04. The second kappa shape index (κ2) is 7.30. The van der Waals surface area contributed by atoms with E-state index >= 15 is 0 Å². The number of hydrogen-bond acceptors (Lipinski definition) is 4. The molecule has 0 aliphatic heterocycles. The lowest BCUT2D eigenvalue weighted by Gasteiger charge is -2.07. The van der Waals surface area contributed by atoms with Gasteiger partial charge in [0, 0.05) is 4.47 Å². The zero-order valence-corrected chi connectivity index (χ0v) is 12.5. The van der Waals surface area contributed by atoms with Gasteiger partial charge in [-0.2, -0.15) is 0 Å². The number of thioether (sulfide) groups is 1. The molecule has 5 nitrogen and oxygen atoms in total. The van der Waals surface area contributed by atoms with Gasteiger partial charge in [-0.1, -0.05) is 12.1 Å². The second-order valence-electron chi connectivity index (χ2n) is 3.65. The minimum Gasteiger partial charge on any atom is -0.480 e. The molecule has 1 atom stereocenters. The summed E-state index contributed by atoms with van der Waals surface area (Å²) >= 11 is 4.17. The first-order valence-electron chi connectivity index (χ1n) is 5.35. The van der Waals surface area contributed by atoms with Gasteiger partial charge < -0.3 is 5.11 Å². The van der Waals surface area contributed by atoms with Crippen molar-refractivity contribution in [3.05, 3.63) is 34.3 Å². The highest BCUT2D eigenvalue weighted by molar-refractivity contribution is 9.10. The monoisotopic (exact) mass is 345 g/mol. The van der Waals surface area contributed by atoms with Crippen LogP contribution in [0.3, 0.4) is 0 Å². The van der Waals surface area contributed by atoms with Gasteiger partial charge in [0.05, 0.1) is 16.6 Å². The van der Waals surface area contributed by atoms with Crippen molar-refractivity contribution < 1.29 is 19.5 Å². The fraction of sp³-hybridized carbons (Fsp3) is 0.250. The van der Waals surface area contributed by atoms with E-state index in [-0.39, 0.29) is 5.75 Å². The number of carboxylic acids is 1. The van der Waals surface area contributed by atoms with Crippen LogP contribution in [0, 0.1) is 0 Å². The summed E-state index contributed by atoms with van der Waals surface area (Å²) in [5, 5.41) is 10.2. The summed E-state index contributed by atoms with van der Waals surface area (Å²) in [5.41, 5.74) is 0.354. The summed E-state index contributed by atoms with van der Waals surface area (Å²) in [7, 11) is 0. The van der Waals surface area contributed by atoms with Gasteiger partial charge >= 0.3 is 5.97 Å². The average molecular weight is 346 g/mol. The van der Waals surface area contributed by atoms with Gasteiger partial charge in [-0.15, -0.1) is 11.8 Å². The minimum atomic E-state index is -0.991. The van der Waals surface area contributed by atoms with Crippen molar-refractivity contribution in [3.8, 4) is 0 Å². The van der Waals surface area contributed by atoms with E-state index in [2.05, 4.69) is 21.2 Å². The predicted octanol–water partition coefficient (Wildman–Crippen LogP) is 1.91.